The predicted molar refractivity (Wildman–Crippen MR) is 77.2 cm³/mol. The van der Waals surface area contributed by atoms with E-state index in [4.69, 9.17) is 4.74 Å². The molecule has 1 aliphatic rings. The maximum absolute atomic E-state index is 12.9. The van der Waals surface area contributed by atoms with Gasteiger partial charge in [0, 0.05) is 25.2 Å². The second-order valence-corrected chi connectivity index (χ2v) is 5.13. The molecule has 0 atom stereocenters. The summed E-state index contributed by atoms with van der Waals surface area (Å²) < 4.78 is 18.5. The number of carboxylic acid groups (broad SMARTS) is 1. The van der Waals surface area contributed by atoms with Crippen LogP contribution in [0.15, 0.2) is 36.5 Å². The van der Waals surface area contributed by atoms with Crippen LogP contribution in [0.25, 0.3) is 0 Å². The molecule has 0 aliphatic carbocycles. The van der Waals surface area contributed by atoms with E-state index in [1.54, 1.807) is 18.2 Å². The van der Waals surface area contributed by atoms with E-state index >= 15 is 0 Å². The first kappa shape index (κ1) is 14.5. The normalized spacial score (nSPS) is 14.8. The number of nitrogens with zero attached hydrogens (tertiary/aromatic N) is 2. The number of rotatable bonds is 3. The van der Waals surface area contributed by atoms with E-state index in [0.717, 1.165) is 11.3 Å². The highest BCUT2D eigenvalue weighted by atomic mass is 19.1. The molecule has 0 amide bonds. The number of fused-ring (bicyclic) bond motifs is 1. The van der Waals surface area contributed by atoms with E-state index in [-0.39, 0.29) is 11.4 Å². The summed E-state index contributed by atoms with van der Waals surface area (Å²) >= 11 is 0. The minimum absolute atomic E-state index is 0.180. The van der Waals surface area contributed by atoms with E-state index in [1.165, 1.54) is 12.3 Å². The van der Waals surface area contributed by atoms with Crippen LogP contribution in [0.5, 0.6) is 5.75 Å². The highest BCUT2D eigenvalue weighted by Crippen LogP contribution is 2.28. The molecule has 0 bridgehead atoms. The lowest BCUT2D eigenvalue weighted by atomic mass is 10.1. The summed E-state index contributed by atoms with van der Waals surface area (Å²) in [6.07, 6.45) is 1.19. The number of carboxylic acids is 1. The van der Waals surface area contributed by atoms with Gasteiger partial charge in [-0.1, -0.05) is 12.1 Å². The Morgan fingerprint density at radius 3 is 2.95 bits per heavy atom. The average Bonchev–Trinajstić information content (AvgIpc) is 2.70. The number of hydrogen-bond donors (Lipinski definition) is 1. The number of ether oxygens (including phenoxy) is 1. The Balaban J connectivity index is 1.81. The topological polar surface area (TPSA) is 62.7 Å². The first-order valence-electron chi connectivity index (χ1n) is 6.94. The Labute approximate surface area is 127 Å². The number of pyridine rings is 1. The summed E-state index contributed by atoms with van der Waals surface area (Å²) in [6, 6.07) is 8.14. The number of aromatic carboxylic acids is 1. The third kappa shape index (κ3) is 3.07. The van der Waals surface area contributed by atoms with Crippen molar-refractivity contribution < 1.29 is 19.0 Å². The van der Waals surface area contributed by atoms with Crippen molar-refractivity contribution in [3.63, 3.8) is 0 Å². The van der Waals surface area contributed by atoms with Crippen molar-refractivity contribution >= 4 is 5.97 Å². The van der Waals surface area contributed by atoms with E-state index in [2.05, 4.69) is 9.88 Å². The van der Waals surface area contributed by atoms with Gasteiger partial charge in [0.15, 0.2) is 0 Å². The van der Waals surface area contributed by atoms with Crippen LogP contribution < -0.4 is 4.74 Å². The zero-order valence-corrected chi connectivity index (χ0v) is 11.8. The molecule has 0 radical (unpaired) electrons. The Kier molecular flexibility index (Phi) is 4.02. The fraction of sp³-hybridized carbons (Fsp3) is 0.250. The Morgan fingerprint density at radius 1 is 1.36 bits per heavy atom. The summed E-state index contributed by atoms with van der Waals surface area (Å²) in [6.45, 7) is 2.17. The number of halogens is 1. The van der Waals surface area contributed by atoms with Crippen LogP contribution in [0.1, 0.15) is 21.6 Å². The molecule has 114 valence electrons. The smallest absolute Gasteiger partial charge is 0.339 e. The Bertz CT molecular complexity index is 688. The van der Waals surface area contributed by atoms with Crippen molar-refractivity contribution in [1.29, 1.82) is 0 Å². The molecule has 1 N–H and O–H groups in total. The van der Waals surface area contributed by atoms with Gasteiger partial charge in [-0.3, -0.25) is 9.88 Å². The molecule has 0 unspecified atom stereocenters. The molecular formula is C16H15FN2O3. The molecule has 3 rings (SSSR count). The van der Waals surface area contributed by atoms with E-state index < -0.39 is 5.97 Å². The van der Waals surface area contributed by atoms with Crippen LogP contribution >= 0.6 is 0 Å². The van der Waals surface area contributed by atoms with Crippen molar-refractivity contribution in [2.45, 2.75) is 13.1 Å². The molecule has 2 aromatic rings. The van der Waals surface area contributed by atoms with Crippen molar-refractivity contribution in [2.75, 3.05) is 13.2 Å². The van der Waals surface area contributed by atoms with Gasteiger partial charge in [-0.05, 0) is 18.2 Å². The molecule has 0 fully saturated rings. The third-order valence-corrected chi connectivity index (χ3v) is 3.55. The summed E-state index contributed by atoms with van der Waals surface area (Å²) in [5.74, 6) is -0.922. The van der Waals surface area contributed by atoms with Crippen LogP contribution in [0.2, 0.25) is 0 Å². The maximum atomic E-state index is 12.9. The number of para-hydroxylation sites is 1. The molecule has 0 spiro atoms. The van der Waals surface area contributed by atoms with Crippen LogP contribution in [0.3, 0.4) is 0 Å². The second-order valence-electron chi connectivity index (χ2n) is 5.13. The molecule has 1 aliphatic heterocycles. The molecule has 0 saturated carbocycles. The number of hydrogen-bond acceptors (Lipinski definition) is 4. The molecular weight excluding hydrogens is 287 g/mol. The summed E-state index contributed by atoms with van der Waals surface area (Å²) in [4.78, 5) is 17.4. The maximum Gasteiger partial charge on any atom is 0.339 e. The molecule has 1 aromatic carbocycles. The molecule has 2 heterocycles. The van der Waals surface area contributed by atoms with Gasteiger partial charge in [-0.2, -0.15) is 0 Å². The van der Waals surface area contributed by atoms with Gasteiger partial charge in [0.25, 0.3) is 0 Å². The van der Waals surface area contributed by atoms with Crippen LogP contribution in [0.4, 0.5) is 4.39 Å². The Hall–Kier alpha value is -2.47. The minimum Gasteiger partial charge on any atom is -0.491 e. The van der Waals surface area contributed by atoms with Gasteiger partial charge in [0.1, 0.15) is 23.7 Å². The lowest BCUT2D eigenvalue weighted by Gasteiger charge is -2.18. The van der Waals surface area contributed by atoms with Crippen LogP contribution in [0, 0.1) is 5.82 Å². The lowest BCUT2D eigenvalue weighted by Crippen LogP contribution is -2.25. The van der Waals surface area contributed by atoms with Crippen molar-refractivity contribution in [1.82, 2.24) is 9.88 Å². The van der Waals surface area contributed by atoms with Gasteiger partial charge in [-0.15, -0.1) is 0 Å². The summed E-state index contributed by atoms with van der Waals surface area (Å²) in [5, 5.41) is 9.22. The van der Waals surface area contributed by atoms with Gasteiger partial charge >= 0.3 is 5.97 Å². The quantitative estimate of drug-likeness (QED) is 0.942. The monoisotopic (exact) mass is 302 g/mol. The van der Waals surface area contributed by atoms with Crippen molar-refractivity contribution in [3.05, 3.63) is 59.2 Å². The minimum atomic E-state index is -0.995. The lowest BCUT2D eigenvalue weighted by molar-refractivity contribution is 0.0692. The second kappa shape index (κ2) is 6.11. The van der Waals surface area contributed by atoms with Gasteiger partial charge in [0.2, 0.25) is 0 Å². The van der Waals surface area contributed by atoms with Crippen molar-refractivity contribution in [3.8, 4) is 5.75 Å². The first-order valence-corrected chi connectivity index (χ1v) is 6.94. The fourth-order valence-electron chi connectivity index (χ4n) is 2.51. The zero-order chi connectivity index (χ0) is 15.5. The van der Waals surface area contributed by atoms with Crippen molar-refractivity contribution in [2.24, 2.45) is 0 Å². The van der Waals surface area contributed by atoms with Gasteiger partial charge in [-0.25, -0.2) is 9.18 Å². The number of aromatic nitrogens is 1. The summed E-state index contributed by atoms with van der Waals surface area (Å²) in [5.41, 5.74) is 1.78. The molecule has 6 heteroatoms. The number of benzene rings is 1. The van der Waals surface area contributed by atoms with Gasteiger partial charge in [0.05, 0.1) is 11.9 Å². The van der Waals surface area contributed by atoms with E-state index in [1.807, 2.05) is 6.07 Å². The SMILES string of the molecule is O=C(O)c1cccc2c1OCCN(Cc1ccc(F)cn1)C2. The van der Waals surface area contributed by atoms with E-state index in [9.17, 15) is 14.3 Å². The summed E-state index contributed by atoms with van der Waals surface area (Å²) in [7, 11) is 0. The molecule has 22 heavy (non-hydrogen) atoms. The van der Waals surface area contributed by atoms with Crippen LogP contribution in [-0.4, -0.2) is 34.1 Å². The fourth-order valence-corrected chi connectivity index (χ4v) is 2.51. The standard InChI is InChI=1S/C16H15FN2O3/c17-12-4-5-13(18-8-12)10-19-6-7-22-15-11(9-19)2-1-3-14(15)16(20)21/h1-5,8H,6-7,9-10H2,(H,20,21). The largest absolute Gasteiger partial charge is 0.491 e. The van der Waals surface area contributed by atoms with Gasteiger partial charge < -0.3 is 9.84 Å². The van der Waals surface area contributed by atoms with E-state index in [0.29, 0.717) is 32.0 Å². The molecule has 1 aromatic heterocycles. The number of carbonyl (C=O) groups is 1. The third-order valence-electron chi connectivity index (χ3n) is 3.55. The molecule has 5 nitrogen and oxygen atoms in total. The highest BCUT2D eigenvalue weighted by molar-refractivity contribution is 5.91. The predicted octanol–water partition coefficient (Wildman–Crippen LogP) is 2.31. The molecule has 0 saturated heterocycles. The highest BCUT2D eigenvalue weighted by Gasteiger charge is 2.21. The average molecular weight is 302 g/mol. The zero-order valence-electron chi connectivity index (χ0n) is 11.8. The first-order chi connectivity index (χ1) is 10.6. The Morgan fingerprint density at radius 2 is 2.23 bits per heavy atom. The van der Waals surface area contributed by atoms with Crippen LogP contribution in [-0.2, 0) is 13.1 Å².